The van der Waals surface area contributed by atoms with E-state index in [4.69, 9.17) is 23.1 Å². The number of hydrogen-bond donors (Lipinski definition) is 3. The molecule has 28 heavy (non-hydrogen) atoms. The van der Waals surface area contributed by atoms with Crippen molar-refractivity contribution in [3.63, 3.8) is 0 Å². The quantitative estimate of drug-likeness (QED) is 0.480. The Bertz CT molecular complexity index is 1150. The van der Waals surface area contributed by atoms with E-state index < -0.39 is 0 Å². The third-order valence-corrected chi connectivity index (χ3v) is 4.75. The summed E-state index contributed by atoms with van der Waals surface area (Å²) in [5, 5.41) is 4.90. The molecule has 8 heteroatoms. The minimum atomic E-state index is -0.166. The number of benzene rings is 1. The third-order valence-electron chi connectivity index (χ3n) is 4.52. The smallest absolute Gasteiger partial charge is 0.155 e. The first-order valence-corrected chi connectivity index (χ1v) is 9.04. The molecule has 1 atom stereocenters. The van der Waals surface area contributed by atoms with Crippen molar-refractivity contribution in [2.75, 3.05) is 16.8 Å². The van der Waals surface area contributed by atoms with Gasteiger partial charge in [0.2, 0.25) is 0 Å². The van der Waals surface area contributed by atoms with E-state index in [9.17, 15) is 0 Å². The van der Waals surface area contributed by atoms with E-state index >= 15 is 0 Å². The number of fused-ring (bicyclic) bond motifs is 1. The maximum absolute atomic E-state index is 6.15. The summed E-state index contributed by atoms with van der Waals surface area (Å²) in [6.45, 7) is 2.00. The lowest BCUT2D eigenvalue weighted by Crippen LogP contribution is -2.13. The van der Waals surface area contributed by atoms with Crippen LogP contribution in [0.25, 0.3) is 22.2 Å². The highest BCUT2D eigenvalue weighted by Gasteiger charge is 2.19. The van der Waals surface area contributed by atoms with Crippen LogP contribution in [-0.4, -0.2) is 19.9 Å². The van der Waals surface area contributed by atoms with Crippen molar-refractivity contribution < 1.29 is 0 Å². The number of hydrogen-bond acceptors (Lipinski definition) is 7. The van der Waals surface area contributed by atoms with Crippen LogP contribution in [0.2, 0.25) is 5.02 Å². The van der Waals surface area contributed by atoms with Gasteiger partial charge in [0.1, 0.15) is 12.0 Å². The van der Waals surface area contributed by atoms with Gasteiger partial charge in [-0.1, -0.05) is 23.7 Å². The summed E-state index contributed by atoms with van der Waals surface area (Å²) in [4.78, 5) is 17.2. The average molecular weight is 392 g/mol. The summed E-state index contributed by atoms with van der Waals surface area (Å²) in [6.07, 6.45) is 4.96. The van der Waals surface area contributed by atoms with Crippen molar-refractivity contribution in [3.05, 3.63) is 65.7 Å². The van der Waals surface area contributed by atoms with Gasteiger partial charge in [0.05, 0.1) is 17.3 Å². The van der Waals surface area contributed by atoms with Crippen molar-refractivity contribution in [2.24, 2.45) is 0 Å². The SMILES string of the molecule is C[C@H](Nc1ncnc(N)c1N)c1cnc2cc(Cl)ccc2c1-c1ccccn1. The van der Waals surface area contributed by atoms with Crippen molar-refractivity contribution in [1.82, 2.24) is 19.9 Å². The van der Waals surface area contributed by atoms with Gasteiger partial charge in [-0.3, -0.25) is 9.97 Å². The molecule has 4 aromatic rings. The lowest BCUT2D eigenvalue weighted by atomic mass is 9.96. The third kappa shape index (κ3) is 3.27. The van der Waals surface area contributed by atoms with Crippen molar-refractivity contribution in [1.29, 1.82) is 0 Å². The fraction of sp³-hybridized carbons (Fsp3) is 0.100. The number of nitrogen functional groups attached to an aromatic ring is 2. The van der Waals surface area contributed by atoms with Gasteiger partial charge in [0, 0.05) is 33.9 Å². The van der Waals surface area contributed by atoms with E-state index in [1.165, 1.54) is 6.33 Å². The summed E-state index contributed by atoms with van der Waals surface area (Å²) in [5.41, 5.74) is 15.7. The number of nitrogens with one attached hydrogen (secondary N) is 1. The van der Waals surface area contributed by atoms with E-state index in [1.54, 1.807) is 6.20 Å². The molecule has 1 aromatic carbocycles. The number of nitrogens with two attached hydrogens (primary N) is 2. The molecule has 0 aliphatic rings. The molecule has 0 unspecified atom stereocenters. The molecule has 3 heterocycles. The molecule has 0 amide bonds. The predicted octanol–water partition coefficient (Wildman–Crippen LogP) is 4.08. The van der Waals surface area contributed by atoms with Crippen molar-refractivity contribution >= 4 is 39.8 Å². The Labute approximate surface area is 166 Å². The van der Waals surface area contributed by atoms with E-state index in [1.807, 2.05) is 49.5 Å². The van der Waals surface area contributed by atoms with Gasteiger partial charge in [-0.15, -0.1) is 0 Å². The van der Waals surface area contributed by atoms with Gasteiger partial charge in [0.25, 0.3) is 0 Å². The highest BCUT2D eigenvalue weighted by molar-refractivity contribution is 6.31. The Hall–Kier alpha value is -3.45. The minimum Gasteiger partial charge on any atom is -0.393 e. The van der Waals surface area contributed by atoms with Crippen LogP contribution < -0.4 is 16.8 Å². The molecule has 0 saturated heterocycles. The number of aromatic nitrogens is 4. The predicted molar refractivity (Wildman–Crippen MR) is 113 cm³/mol. The van der Waals surface area contributed by atoms with Crippen LogP contribution in [0.3, 0.4) is 0 Å². The monoisotopic (exact) mass is 391 g/mol. The zero-order chi connectivity index (χ0) is 19.7. The van der Waals surface area contributed by atoms with Gasteiger partial charge >= 0.3 is 0 Å². The van der Waals surface area contributed by atoms with Gasteiger partial charge in [-0.2, -0.15) is 0 Å². The molecule has 0 aliphatic carbocycles. The molecular weight excluding hydrogens is 374 g/mol. The summed E-state index contributed by atoms with van der Waals surface area (Å²) < 4.78 is 0. The second-order valence-corrected chi connectivity index (χ2v) is 6.79. The van der Waals surface area contributed by atoms with E-state index in [2.05, 4.69) is 25.3 Å². The van der Waals surface area contributed by atoms with Crippen LogP contribution in [-0.2, 0) is 0 Å². The molecule has 3 aromatic heterocycles. The van der Waals surface area contributed by atoms with Crippen molar-refractivity contribution in [3.8, 4) is 11.3 Å². The topological polar surface area (TPSA) is 116 Å². The van der Waals surface area contributed by atoms with E-state index in [0.717, 1.165) is 27.7 Å². The largest absolute Gasteiger partial charge is 0.393 e. The first-order chi connectivity index (χ1) is 13.5. The zero-order valence-corrected chi connectivity index (χ0v) is 15.9. The van der Waals surface area contributed by atoms with Gasteiger partial charge in [0.15, 0.2) is 11.6 Å². The Morgan fingerprint density at radius 3 is 2.68 bits per heavy atom. The molecule has 7 nitrogen and oxygen atoms in total. The van der Waals surface area contributed by atoms with E-state index in [-0.39, 0.29) is 11.9 Å². The van der Waals surface area contributed by atoms with Crippen LogP contribution >= 0.6 is 11.6 Å². The molecule has 4 rings (SSSR count). The second-order valence-electron chi connectivity index (χ2n) is 6.35. The van der Waals surface area contributed by atoms with Crippen molar-refractivity contribution in [2.45, 2.75) is 13.0 Å². The maximum Gasteiger partial charge on any atom is 0.155 e. The molecule has 5 N–H and O–H groups in total. The first kappa shape index (κ1) is 17.9. The molecule has 0 radical (unpaired) electrons. The highest BCUT2D eigenvalue weighted by Crippen LogP contribution is 2.35. The number of halogens is 1. The minimum absolute atomic E-state index is 0.166. The van der Waals surface area contributed by atoms with Crippen LogP contribution in [0, 0.1) is 0 Å². The first-order valence-electron chi connectivity index (χ1n) is 8.66. The summed E-state index contributed by atoms with van der Waals surface area (Å²) in [6, 6.07) is 11.3. The van der Waals surface area contributed by atoms with Crippen LogP contribution in [0.4, 0.5) is 17.3 Å². The Kier molecular flexibility index (Phi) is 4.67. The Morgan fingerprint density at radius 1 is 1.04 bits per heavy atom. The summed E-state index contributed by atoms with van der Waals surface area (Å²) in [5.74, 6) is 0.712. The van der Waals surface area contributed by atoms with Gasteiger partial charge in [-0.25, -0.2) is 9.97 Å². The Morgan fingerprint density at radius 2 is 1.89 bits per heavy atom. The highest BCUT2D eigenvalue weighted by atomic mass is 35.5. The molecule has 0 saturated carbocycles. The normalized spacial score (nSPS) is 12.1. The second kappa shape index (κ2) is 7.28. The lowest BCUT2D eigenvalue weighted by molar-refractivity contribution is 0.870. The molecule has 0 bridgehead atoms. The fourth-order valence-corrected chi connectivity index (χ4v) is 3.28. The maximum atomic E-state index is 6.15. The lowest BCUT2D eigenvalue weighted by Gasteiger charge is -2.20. The molecule has 0 spiro atoms. The molecule has 0 fully saturated rings. The molecule has 0 aliphatic heterocycles. The van der Waals surface area contributed by atoms with Crippen LogP contribution in [0.1, 0.15) is 18.5 Å². The van der Waals surface area contributed by atoms with Crippen LogP contribution in [0.15, 0.2) is 55.1 Å². The van der Waals surface area contributed by atoms with E-state index in [0.29, 0.717) is 16.5 Å². The number of pyridine rings is 2. The molecular formula is C20H18ClN7. The van der Waals surface area contributed by atoms with Crippen LogP contribution in [0.5, 0.6) is 0 Å². The standard InChI is InChI=1S/C20H18ClN7/c1-11(28-20-18(22)19(23)26-10-27-20)14-9-25-16-8-12(21)5-6-13(16)17(14)15-4-2-3-7-24-15/h2-11H,22H2,1H3,(H3,23,26,27,28)/t11-/m0/s1. The Balaban J connectivity index is 1.86. The number of nitrogens with zero attached hydrogens (tertiary/aromatic N) is 4. The summed E-state index contributed by atoms with van der Waals surface area (Å²) >= 11 is 6.15. The van der Waals surface area contributed by atoms with Gasteiger partial charge in [-0.05, 0) is 31.2 Å². The fourth-order valence-electron chi connectivity index (χ4n) is 3.11. The summed E-state index contributed by atoms with van der Waals surface area (Å²) in [7, 11) is 0. The zero-order valence-electron chi connectivity index (χ0n) is 15.1. The number of rotatable bonds is 4. The molecule has 140 valence electrons. The van der Waals surface area contributed by atoms with Gasteiger partial charge < -0.3 is 16.8 Å². The number of anilines is 3. The average Bonchev–Trinajstić information content (AvgIpc) is 2.71.